The number of ether oxygens (including phenoxy) is 1. The minimum atomic E-state index is -3.94. The van der Waals surface area contributed by atoms with E-state index in [4.69, 9.17) is 9.88 Å². The van der Waals surface area contributed by atoms with E-state index >= 15 is 0 Å². The van der Waals surface area contributed by atoms with Gasteiger partial charge in [-0.3, -0.25) is 4.79 Å². The molecule has 0 spiro atoms. The van der Waals surface area contributed by atoms with Crippen molar-refractivity contribution in [2.24, 2.45) is 5.14 Å². The van der Waals surface area contributed by atoms with Crippen LogP contribution < -0.4 is 9.88 Å². The van der Waals surface area contributed by atoms with Gasteiger partial charge in [0.2, 0.25) is 10.0 Å². The van der Waals surface area contributed by atoms with Crippen LogP contribution in [0.4, 0.5) is 0 Å². The highest BCUT2D eigenvalue weighted by atomic mass is 32.2. The molecule has 1 amide bonds. The molecule has 1 aromatic rings. The van der Waals surface area contributed by atoms with Crippen LogP contribution in [-0.4, -0.2) is 38.4 Å². The standard InChI is InChI=1S/C14H20N2O4S/c1-3-16(11-6-7-11)14(17)10-5-8-12(20-4-2)13(9-10)21(15,18)19/h5,8-9,11H,3-4,6-7H2,1-2H3,(H2,15,18,19). The first kappa shape index (κ1) is 15.8. The van der Waals surface area contributed by atoms with Gasteiger partial charge < -0.3 is 9.64 Å². The minimum Gasteiger partial charge on any atom is -0.492 e. The second-order valence-electron chi connectivity index (χ2n) is 4.96. The molecule has 1 aromatic carbocycles. The van der Waals surface area contributed by atoms with E-state index in [1.54, 1.807) is 17.9 Å². The number of nitrogens with two attached hydrogens (primary N) is 1. The van der Waals surface area contributed by atoms with Gasteiger partial charge in [0.1, 0.15) is 10.6 Å². The van der Waals surface area contributed by atoms with Gasteiger partial charge in [0.25, 0.3) is 5.91 Å². The van der Waals surface area contributed by atoms with Crippen LogP contribution in [0.1, 0.15) is 37.0 Å². The molecular formula is C14H20N2O4S. The third-order valence-corrected chi connectivity index (χ3v) is 4.32. The summed E-state index contributed by atoms with van der Waals surface area (Å²) in [5, 5.41) is 5.20. The lowest BCUT2D eigenvalue weighted by molar-refractivity contribution is 0.0752. The van der Waals surface area contributed by atoms with E-state index in [-0.39, 0.29) is 22.6 Å². The molecule has 0 bridgehead atoms. The van der Waals surface area contributed by atoms with Gasteiger partial charge in [0.05, 0.1) is 6.61 Å². The quantitative estimate of drug-likeness (QED) is 0.858. The van der Waals surface area contributed by atoms with Gasteiger partial charge in [0, 0.05) is 18.2 Å². The molecule has 0 saturated heterocycles. The van der Waals surface area contributed by atoms with E-state index in [1.165, 1.54) is 12.1 Å². The average Bonchev–Trinajstić information content (AvgIpc) is 3.23. The first-order chi connectivity index (χ1) is 9.88. The Balaban J connectivity index is 2.39. The molecule has 7 heteroatoms. The number of sulfonamides is 1. The van der Waals surface area contributed by atoms with E-state index in [0.29, 0.717) is 18.7 Å². The number of nitrogens with zero attached hydrogens (tertiary/aromatic N) is 1. The summed E-state index contributed by atoms with van der Waals surface area (Å²) >= 11 is 0. The maximum absolute atomic E-state index is 12.5. The summed E-state index contributed by atoms with van der Waals surface area (Å²) in [5.74, 6) is -0.000955. The fraction of sp³-hybridized carbons (Fsp3) is 0.500. The number of hydrogen-bond donors (Lipinski definition) is 1. The highest BCUT2D eigenvalue weighted by Gasteiger charge is 2.32. The fourth-order valence-electron chi connectivity index (χ4n) is 2.26. The van der Waals surface area contributed by atoms with Crippen LogP contribution in [0.2, 0.25) is 0 Å². The van der Waals surface area contributed by atoms with Crippen molar-refractivity contribution in [2.75, 3.05) is 13.2 Å². The molecule has 6 nitrogen and oxygen atoms in total. The summed E-state index contributed by atoms with van der Waals surface area (Å²) in [6.45, 7) is 4.57. The Hall–Kier alpha value is -1.60. The Labute approximate surface area is 124 Å². The van der Waals surface area contributed by atoms with Gasteiger partial charge in [-0.05, 0) is 44.9 Å². The lowest BCUT2D eigenvalue weighted by Gasteiger charge is -2.21. The van der Waals surface area contributed by atoms with Crippen molar-refractivity contribution in [3.63, 3.8) is 0 Å². The van der Waals surface area contributed by atoms with E-state index in [0.717, 1.165) is 12.8 Å². The lowest BCUT2D eigenvalue weighted by Crippen LogP contribution is -2.33. The normalized spacial score (nSPS) is 14.8. The molecule has 1 aliphatic carbocycles. The highest BCUT2D eigenvalue weighted by Crippen LogP contribution is 2.30. The number of carbonyl (C=O) groups excluding carboxylic acids is 1. The summed E-state index contributed by atoms with van der Waals surface area (Å²) in [7, 11) is -3.94. The molecule has 21 heavy (non-hydrogen) atoms. The minimum absolute atomic E-state index is 0.151. The molecule has 0 heterocycles. The van der Waals surface area contributed by atoms with E-state index in [2.05, 4.69) is 0 Å². The van der Waals surface area contributed by atoms with Gasteiger partial charge in [-0.1, -0.05) is 0 Å². The number of rotatable bonds is 6. The lowest BCUT2D eigenvalue weighted by atomic mass is 10.2. The summed E-state index contributed by atoms with van der Waals surface area (Å²) < 4.78 is 28.6. The molecule has 1 aliphatic rings. The summed E-state index contributed by atoms with van der Waals surface area (Å²) in [5.41, 5.74) is 0.316. The zero-order chi connectivity index (χ0) is 15.6. The van der Waals surface area contributed by atoms with Crippen LogP contribution in [0, 0.1) is 0 Å². The average molecular weight is 312 g/mol. The number of benzene rings is 1. The van der Waals surface area contributed by atoms with Crippen LogP contribution in [0.5, 0.6) is 5.75 Å². The maximum Gasteiger partial charge on any atom is 0.254 e. The van der Waals surface area contributed by atoms with Crippen molar-refractivity contribution in [3.8, 4) is 5.75 Å². The SMILES string of the molecule is CCOc1ccc(C(=O)N(CC)C2CC2)cc1S(N)(=O)=O. The van der Waals surface area contributed by atoms with E-state index in [9.17, 15) is 13.2 Å². The van der Waals surface area contributed by atoms with Gasteiger partial charge in [0.15, 0.2) is 0 Å². The first-order valence-electron chi connectivity index (χ1n) is 6.99. The maximum atomic E-state index is 12.5. The van der Waals surface area contributed by atoms with Gasteiger partial charge >= 0.3 is 0 Å². The zero-order valence-corrected chi connectivity index (χ0v) is 13.0. The molecule has 2 N–H and O–H groups in total. The Morgan fingerprint density at radius 3 is 2.52 bits per heavy atom. The van der Waals surface area contributed by atoms with Crippen molar-refractivity contribution < 1.29 is 17.9 Å². The molecule has 0 radical (unpaired) electrons. The summed E-state index contributed by atoms with van der Waals surface area (Å²) in [4.78, 5) is 14.1. The predicted molar refractivity (Wildman–Crippen MR) is 78.7 cm³/mol. The molecule has 1 fully saturated rings. The molecule has 2 rings (SSSR count). The Morgan fingerprint density at radius 2 is 2.05 bits per heavy atom. The van der Waals surface area contributed by atoms with Crippen LogP contribution in [0.15, 0.2) is 23.1 Å². The van der Waals surface area contributed by atoms with E-state index in [1.807, 2.05) is 6.92 Å². The zero-order valence-electron chi connectivity index (χ0n) is 12.2. The van der Waals surface area contributed by atoms with E-state index < -0.39 is 10.0 Å². The summed E-state index contributed by atoms with van der Waals surface area (Å²) in [6, 6.07) is 4.63. The molecule has 1 saturated carbocycles. The number of amides is 1. The van der Waals surface area contributed by atoms with Crippen LogP contribution in [0.25, 0.3) is 0 Å². The van der Waals surface area contributed by atoms with Crippen molar-refractivity contribution in [1.29, 1.82) is 0 Å². The van der Waals surface area contributed by atoms with Gasteiger partial charge in [-0.25, -0.2) is 13.6 Å². The van der Waals surface area contributed by atoms with Gasteiger partial charge in [-0.15, -0.1) is 0 Å². The third-order valence-electron chi connectivity index (χ3n) is 3.39. The fourth-order valence-corrected chi connectivity index (χ4v) is 2.96. The molecular weight excluding hydrogens is 292 g/mol. The highest BCUT2D eigenvalue weighted by molar-refractivity contribution is 7.89. The molecule has 0 atom stereocenters. The van der Waals surface area contributed by atoms with Crippen molar-refractivity contribution >= 4 is 15.9 Å². The Morgan fingerprint density at radius 1 is 1.38 bits per heavy atom. The van der Waals surface area contributed by atoms with Crippen molar-refractivity contribution in [1.82, 2.24) is 4.90 Å². The number of hydrogen-bond acceptors (Lipinski definition) is 4. The third kappa shape index (κ3) is 3.54. The number of carbonyl (C=O) groups is 1. The second-order valence-corrected chi connectivity index (χ2v) is 6.49. The molecule has 0 unspecified atom stereocenters. The number of primary sulfonamides is 1. The topological polar surface area (TPSA) is 89.7 Å². The first-order valence-corrected chi connectivity index (χ1v) is 8.53. The van der Waals surface area contributed by atoms with Crippen molar-refractivity contribution in [2.45, 2.75) is 37.6 Å². The van der Waals surface area contributed by atoms with Gasteiger partial charge in [-0.2, -0.15) is 0 Å². The largest absolute Gasteiger partial charge is 0.492 e. The Bertz CT molecular complexity index is 638. The van der Waals surface area contributed by atoms with Crippen LogP contribution in [-0.2, 0) is 10.0 Å². The molecule has 116 valence electrons. The smallest absolute Gasteiger partial charge is 0.254 e. The van der Waals surface area contributed by atoms with Crippen LogP contribution in [0.3, 0.4) is 0 Å². The monoisotopic (exact) mass is 312 g/mol. The predicted octanol–water partition coefficient (Wildman–Crippen LogP) is 1.36. The Kier molecular flexibility index (Phi) is 4.53. The summed E-state index contributed by atoms with van der Waals surface area (Å²) in [6.07, 6.45) is 2.00. The molecule has 0 aliphatic heterocycles. The second kappa shape index (κ2) is 6.03. The van der Waals surface area contributed by atoms with Crippen molar-refractivity contribution in [3.05, 3.63) is 23.8 Å². The van der Waals surface area contributed by atoms with Crippen LogP contribution >= 0.6 is 0 Å². The molecule has 0 aromatic heterocycles.